The molecule has 1 aliphatic rings. The molecule has 1 fully saturated rings. The van der Waals surface area contributed by atoms with Gasteiger partial charge in [0.2, 0.25) is 5.91 Å². The first kappa shape index (κ1) is 19.4. The summed E-state index contributed by atoms with van der Waals surface area (Å²) in [6.07, 6.45) is 1.81. The average molecular weight is 390 g/mol. The van der Waals surface area contributed by atoms with Crippen LogP contribution in [-0.2, 0) is 17.9 Å². The van der Waals surface area contributed by atoms with E-state index in [1.54, 1.807) is 6.07 Å². The van der Waals surface area contributed by atoms with E-state index in [1.165, 1.54) is 5.56 Å². The molecule has 0 spiro atoms. The molecule has 0 saturated carbocycles. The van der Waals surface area contributed by atoms with Crippen LogP contribution in [0.1, 0.15) is 29.9 Å². The summed E-state index contributed by atoms with van der Waals surface area (Å²) in [4.78, 5) is 15.1. The second-order valence-corrected chi connectivity index (χ2v) is 7.59. The van der Waals surface area contributed by atoms with E-state index in [2.05, 4.69) is 41.4 Å². The molecule has 0 unspecified atom stereocenters. The standard InChI is InChI=1S/C24H26N2O3/c1-17-5-2-6-18(13-17)19-7-3-8-20(14-19)25-24(28)23-9-4-12-26(23)15-21-10-11-22(16-27)29-21/h2-3,5-8,10-11,13-14,23,27H,4,9,12,15-16H2,1H3,(H,25,28)/t23-/m0/s1. The molecule has 0 bridgehead atoms. The number of nitrogens with one attached hydrogen (secondary N) is 1. The lowest BCUT2D eigenvalue weighted by Gasteiger charge is -2.22. The van der Waals surface area contributed by atoms with Gasteiger partial charge in [-0.1, -0.05) is 42.0 Å². The number of likely N-dealkylation sites (tertiary alicyclic amines) is 1. The van der Waals surface area contributed by atoms with Crippen LogP contribution in [0.3, 0.4) is 0 Å². The molecule has 0 aliphatic carbocycles. The van der Waals surface area contributed by atoms with Gasteiger partial charge in [0.25, 0.3) is 0 Å². The number of hydrogen-bond donors (Lipinski definition) is 2. The smallest absolute Gasteiger partial charge is 0.241 e. The van der Waals surface area contributed by atoms with Crippen LogP contribution in [0.15, 0.2) is 65.1 Å². The van der Waals surface area contributed by atoms with Crippen molar-refractivity contribution in [2.75, 3.05) is 11.9 Å². The van der Waals surface area contributed by atoms with Crippen molar-refractivity contribution in [2.45, 2.75) is 39.0 Å². The van der Waals surface area contributed by atoms with Gasteiger partial charge in [-0.15, -0.1) is 0 Å². The molecule has 0 radical (unpaired) electrons. The second-order valence-electron chi connectivity index (χ2n) is 7.59. The predicted molar refractivity (Wildman–Crippen MR) is 113 cm³/mol. The molecule has 1 amide bonds. The highest BCUT2D eigenvalue weighted by Gasteiger charge is 2.31. The first-order valence-corrected chi connectivity index (χ1v) is 10.0. The number of amides is 1. The van der Waals surface area contributed by atoms with Crippen molar-refractivity contribution < 1.29 is 14.3 Å². The number of carbonyl (C=O) groups is 1. The number of nitrogens with zero attached hydrogens (tertiary/aromatic N) is 1. The fourth-order valence-corrected chi connectivity index (χ4v) is 3.93. The maximum atomic E-state index is 13.0. The minimum absolute atomic E-state index is 0.0119. The van der Waals surface area contributed by atoms with Gasteiger partial charge in [0.15, 0.2) is 0 Å². The van der Waals surface area contributed by atoms with E-state index < -0.39 is 0 Å². The zero-order chi connectivity index (χ0) is 20.2. The van der Waals surface area contributed by atoms with Gasteiger partial charge in [-0.25, -0.2) is 0 Å². The molecule has 2 aromatic carbocycles. The lowest BCUT2D eigenvalue weighted by Crippen LogP contribution is -2.39. The summed E-state index contributed by atoms with van der Waals surface area (Å²) in [5, 5.41) is 12.3. The van der Waals surface area contributed by atoms with Gasteiger partial charge in [-0.3, -0.25) is 9.69 Å². The highest BCUT2D eigenvalue weighted by molar-refractivity contribution is 5.95. The van der Waals surface area contributed by atoms with Gasteiger partial charge in [0.05, 0.1) is 12.6 Å². The number of anilines is 1. The van der Waals surface area contributed by atoms with E-state index in [0.717, 1.165) is 42.0 Å². The van der Waals surface area contributed by atoms with E-state index >= 15 is 0 Å². The second kappa shape index (κ2) is 8.64. The molecule has 29 heavy (non-hydrogen) atoms. The van der Waals surface area contributed by atoms with E-state index in [0.29, 0.717) is 12.3 Å². The average Bonchev–Trinajstić information content (AvgIpc) is 3.38. The molecule has 1 aromatic heterocycles. The Bertz CT molecular complexity index is 995. The Labute approximate surface area is 171 Å². The molecule has 1 saturated heterocycles. The fraction of sp³-hybridized carbons (Fsp3) is 0.292. The van der Waals surface area contributed by atoms with Gasteiger partial charge < -0.3 is 14.8 Å². The molecule has 2 N–H and O–H groups in total. The lowest BCUT2D eigenvalue weighted by molar-refractivity contribution is -0.120. The molecule has 1 atom stereocenters. The third kappa shape index (κ3) is 4.58. The molecule has 5 heteroatoms. The number of aryl methyl sites for hydroxylation is 1. The van der Waals surface area contributed by atoms with Crippen molar-refractivity contribution in [2.24, 2.45) is 0 Å². The van der Waals surface area contributed by atoms with Crippen LogP contribution in [0.2, 0.25) is 0 Å². The van der Waals surface area contributed by atoms with E-state index in [1.807, 2.05) is 30.3 Å². The van der Waals surface area contributed by atoms with Crippen LogP contribution in [0.4, 0.5) is 5.69 Å². The topological polar surface area (TPSA) is 65.7 Å². The summed E-state index contributed by atoms with van der Waals surface area (Å²) >= 11 is 0. The number of aliphatic hydroxyl groups excluding tert-OH is 1. The molecule has 3 aromatic rings. The Morgan fingerprint density at radius 2 is 1.86 bits per heavy atom. The number of hydrogen-bond acceptors (Lipinski definition) is 4. The largest absolute Gasteiger partial charge is 0.462 e. The summed E-state index contributed by atoms with van der Waals surface area (Å²) in [6.45, 7) is 3.39. The number of furan rings is 1. The van der Waals surface area contributed by atoms with E-state index in [9.17, 15) is 4.79 Å². The monoisotopic (exact) mass is 390 g/mol. The third-order valence-electron chi connectivity index (χ3n) is 5.38. The minimum Gasteiger partial charge on any atom is -0.462 e. The summed E-state index contributed by atoms with van der Waals surface area (Å²) in [6, 6.07) is 19.8. The van der Waals surface area contributed by atoms with Crippen molar-refractivity contribution >= 4 is 11.6 Å². The van der Waals surface area contributed by atoms with E-state index in [-0.39, 0.29) is 18.6 Å². The molecule has 5 nitrogen and oxygen atoms in total. The maximum absolute atomic E-state index is 13.0. The summed E-state index contributed by atoms with van der Waals surface area (Å²) in [7, 11) is 0. The Hall–Kier alpha value is -2.89. The normalized spacial score (nSPS) is 16.8. The summed E-state index contributed by atoms with van der Waals surface area (Å²) in [5.41, 5.74) is 4.24. The predicted octanol–water partition coefficient (Wildman–Crippen LogP) is 4.35. The number of rotatable bonds is 6. The highest BCUT2D eigenvalue weighted by atomic mass is 16.4. The molecular formula is C24H26N2O3. The quantitative estimate of drug-likeness (QED) is 0.657. The SMILES string of the molecule is Cc1cccc(-c2cccc(NC(=O)[C@@H]3CCCN3Cc3ccc(CO)o3)c2)c1. The number of carbonyl (C=O) groups excluding carboxylic acids is 1. The Balaban J connectivity index is 1.45. The van der Waals surface area contributed by atoms with Gasteiger partial charge in [-0.05, 0) is 61.7 Å². The number of aliphatic hydroxyl groups is 1. The molecule has 2 heterocycles. The maximum Gasteiger partial charge on any atom is 0.241 e. The molecule has 150 valence electrons. The summed E-state index contributed by atoms with van der Waals surface area (Å²) < 4.78 is 5.59. The first-order chi connectivity index (χ1) is 14.1. The van der Waals surface area contributed by atoms with Gasteiger partial charge in [-0.2, -0.15) is 0 Å². The Morgan fingerprint density at radius 3 is 2.62 bits per heavy atom. The first-order valence-electron chi connectivity index (χ1n) is 10.0. The fourth-order valence-electron chi connectivity index (χ4n) is 3.93. The lowest BCUT2D eigenvalue weighted by atomic mass is 10.0. The van der Waals surface area contributed by atoms with Crippen LogP contribution in [0.5, 0.6) is 0 Å². The van der Waals surface area contributed by atoms with Crippen molar-refractivity contribution in [3.8, 4) is 11.1 Å². The van der Waals surface area contributed by atoms with Crippen molar-refractivity contribution in [1.82, 2.24) is 4.90 Å². The van der Waals surface area contributed by atoms with Crippen LogP contribution in [-0.4, -0.2) is 28.5 Å². The summed E-state index contributed by atoms with van der Waals surface area (Å²) in [5.74, 6) is 1.33. The highest BCUT2D eigenvalue weighted by Crippen LogP contribution is 2.26. The number of benzene rings is 2. The van der Waals surface area contributed by atoms with Gasteiger partial charge in [0.1, 0.15) is 18.1 Å². The molecule has 4 rings (SSSR count). The van der Waals surface area contributed by atoms with Gasteiger partial charge >= 0.3 is 0 Å². The van der Waals surface area contributed by atoms with Crippen LogP contribution in [0.25, 0.3) is 11.1 Å². The van der Waals surface area contributed by atoms with Gasteiger partial charge in [0, 0.05) is 5.69 Å². The molecular weight excluding hydrogens is 364 g/mol. The van der Waals surface area contributed by atoms with Crippen molar-refractivity contribution in [3.05, 3.63) is 77.7 Å². The zero-order valence-electron chi connectivity index (χ0n) is 16.6. The Morgan fingerprint density at radius 1 is 1.10 bits per heavy atom. The van der Waals surface area contributed by atoms with Crippen LogP contribution in [0, 0.1) is 6.92 Å². The minimum atomic E-state index is -0.180. The van der Waals surface area contributed by atoms with E-state index in [4.69, 9.17) is 9.52 Å². The van der Waals surface area contributed by atoms with Crippen LogP contribution < -0.4 is 5.32 Å². The third-order valence-corrected chi connectivity index (χ3v) is 5.38. The Kier molecular flexibility index (Phi) is 5.79. The zero-order valence-corrected chi connectivity index (χ0v) is 16.6. The molecule has 1 aliphatic heterocycles. The van der Waals surface area contributed by atoms with Crippen molar-refractivity contribution in [1.29, 1.82) is 0 Å². The van der Waals surface area contributed by atoms with Crippen molar-refractivity contribution in [3.63, 3.8) is 0 Å². The van der Waals surface area contributed by atoms with Crippen LogP contribution >= 0.6 is 0 Å².